The van der Waals surface area contributed by atoms with Crippen molar-refractivity contribution in [3.05, 3.63) is 18.2 Å². The molecule has 22 heavy (non-hydrogen) atoms. The number of hydrogen-bond acceptors (Lipinski definition) is 6. The lowest BCUT2D eigenvalue weighted by Gasteiger charge is -2.33. The lowest BCUT2D eigenvalue weighted by molar-refractivity contribution is 0.0734. The summed E-state index contributed by atoms with van der Waals surface area (Å²) in [6.07, 6.45) is -0.952. The van der Waals surface area contributed by atoms with Gasteiger partial charge in [-0.25, -0.2) is 4.79 Å². The number of fused-ring (bicyclic) bond motifs is 3. The van der Waals surface area contributed by atoms with Crippen LogP contribution in [-0.2, 0) is 9.47 Å². The van der Waals surface area contributed by atoms with E-state index < -0.39 is 12.2 Å². The number of amides is 1. The minimum atomic E-state index is -0.528. The van der Waals surface area contributed by atoms with E-state index in [1.54, 1.807) is 4.90 Å². The van der Waals surface area contributed by atoms with E-state index in [4.69, 9.17) is 14.2 Å². The summed E-state index contributed by atoms with van der Waals surface area (Å²) in [6.45, 7) is 3.26. The Morgan fingerprint density at radius 3 is 2.86 bits per heavy atom. The van der Waals surface area contributed by atoms with Gasteiger partial charge < -0.3 is 24.2 Å². The van der Waals surface area contributed by atoms with Crippen molar-refractivity contribution in [2.24, 2.45) is 0 Å². The lowest BCUT2D eigenvalue weighted by Crippen LogP contribution is -2.45. The Bertz CT molecular complexity index is 587. The molecule has 1 N–H and O–H groups in total. The van der Waals surface area contributed by atoms with Crippen LogP contribution in [0.1, 0.15) is 0 Å². The van der Waals surface area contributed by atoms with Gasteiger partial charge in [-0.1, -0.05) is 0 Å². The van der Waals surface area contributed by atoms with Gasteiger partial charge in [0.1, 0.15) is 18.4 Å². The van der Waals surface area contributed by atoms with Crippen molar-refractivity contribution < 1.29 is 24.1 Å². The third kappa shape index (κ3) is 2.08. The molecule has 0 bridgehead atoms. The van der Waals surface area contributed by atoms with E-state index in [0.29, 0.717) is 18.0 Å². The third-order valence-electron chi connectivity index (χ3n) is 4.38. The minimum Gasteiger partial charge on any atom is -0.489 e. The van der Waals surface area contributed by atoms with Crippen LogP contribution in [0.2, 0.25) is 0 Å². The van der Waals surface area contributed by atoms with Crippen LogP contribution in [0, 0.1) is 0 Å². The van der Waals surface area contributed by atoms with Crippen molar-refractivity contribution in [1.29, 1.82) is 0 Å². The second-order valence-electron chi connectivity index (χ2n) is 5.60. The quantitative estimate of drug-likeness (QED) is 0.863. The van der Waals surface area contributed by atoms with Crippen molar-refractivity contribution >= 4 is 17.5 Å². The van der Waals surface area contributed by atoms with E-state index in [1.165, 1.54) is 0 Å². The number of aliphatic hydroxyl groups excluding tert-OH is 1. The van der Waals surface area contributed by atoms with E-state index >= 15 is 0 Å². The summed E-state index contributed by atoms with van der Waals surface area (Å²) in [5.41, 5.74) is 1.76. The molecule has 1 aromatic carbocycles. The second-order valence-corrected chi connectivity index (χ2v) is 5.60. The van der Waals surface area contributed by atoms with Crippen LogP contribution >= 0.6 is 0 Å². The molecule has 118 valence electrons. The van der Waals surface area contributed by atoms with E-state index in [2.05, 4.69) is 4.90 Å². The molecule has 2 saturated heterocycles. The summed E-state index contributed by atoms with van der Waals surface area (Å²) in [7, 11) is 0. The summed E-state index contributed by atoms with van der Waals surface area (Å²) in [5.74, 6) is 0.677. The van der Waals surface area contributed by atoms with Crippen LogP contribution in [0.15, 0.2) is 18.2 Å². The SMILES string of the molecule is O=C1O[C@@H](CO)[C@@H]2COc3cc(N4CCOCC4)ccc3N12. The molecule has 0 unspecified atom stereocenters. The number of ether oxygens (including phenoxy) is 3. The molecule has 0 aromatic heterocycles. The fourth-order valence-corrected chi connectivity index (χ4v) is 3.20. The van der Waals surface area contributed by atoms with Gasteiger partial charge in [0, 0.05) is 24.8 Å². The summed E-state index contributed by atoms with van der Waals surface area (Å²) in [4.78, 5) is 15.9. The minimum absolute atomic E-state index is 0.197. The Morgan fingerprint density at radius 1 is 1.27 bits per heavy atom. The number of benzene rings is 1. The number of carbonyl (C=O) groups excluding carboxylic acids is 1. The van der Waals surface area contributed by atoms with Crippen LogP contribution in [-0.4, -0.2) is 62.9 Å². The summed E-state index contributed by atoms with van der Waals surface area (Å²) < 4.78 is 16.4. The molecular formula is C15H18N2O5. The van der Waals surface area contributed by atoms with Gasteiger partial charge in [0.15, 0.2) is 6.10 Å². The first-order valence-electron chi connectivity index (χ1n) is 7.48. The van der Waals surface area contributed by atoms with Gasteiger partial charge in [0.05, 0.1) is 25.5 Å². The Kier molecular flexibility index (Phi) is 3.31. The fraction of sp³-hybridized carbons (Fsp3) is 0.533. The Balaban J connectivity index is 1.64. The van der Waals surface area contributed by atoms with Crippen LogP contribution in [0.4, 0.5) is 16.2 Å². The maximum atomic E-state index is 12.0. The normalized spacial score (nSPS) is 27.0. The highest BCUT2D eigenvalue weighted by Gasteiger charge is 2.46. The molecular weight excluding hydrogens is 288 g/mol. The predicted octanol–water partition coefficient (Wildman–Crippen LogP) is 0.602. The van der Waals surface area contributed by atoms with Crippen molar-refractivity contribution in [1.82, 2.24) is 0 Å². The van der Waals surface area contributed by atoms with Crippen LogP contribution in [0.3, 0.4) is 0 Å². The number of rotatable bonds is 2. The zero-order valence-electron chi connectivity index (χ0n) is 12.1. The molecule has 0 saturated carbocycles. The average Bonchev–Trinajstić information content (AvgIpc) is 2.91. The first-order valence-corrected chi connectivity index (χ1v) is 7.48. The number of anilines is 2. The molecule has 1 amide bonds. The Morgan fingerprint density at radius 2 is 2.09 bits per heavy atom. The van der Waals surface area contributed by atoms with Gasteiger partial charge in [-0.15, -0.1) is 0 Å². The Labute approximate surface area is 128 Å². The molecule has 3 aliphatic heterocycles. The maximum absolute atomic E-state index is 12.0. The second kappa shape index (κ2) is 5.33. The van der Waals surface area contributed by atoms with Crippen molar-refractivity contribution in [2.75, 3.05) is 49.3 Å². The first-order chi connectivity index (χ1) is 10.8. The van der Waals surface area contributed by atoms with Gasteiger partial charge in [0.2, 0.25) is 0 Å². The molecule has 2 fully saturated rings. The van der Waals surface area contributed by atoms with Crippen LogP contribution < -0.4 is 14.5 Å². The molecule has 0 radical (unpaired) electrons. The topological polar surface area (TPSA) is 71.5 Å². The molecule has 3 heterocycles. The number of aliphatic hydroxyl groups is 1. The van der Waals surface area contributed by atoms with Crippen molar-refractivity contribution in [3.63, 3.8) is 0 Å². The van der Waals surface area contributed by atoms with E-state index in [-0.39, 0.29) is 12.6 Å². The fourth-order valence-electron chi connectivity index (χ4n) is 3.20. The zero-order chi connectivity index (χ0) is 15.1. The maximum Gasteiger partial charge on any atom is 0.415 e. The van der Waals surface area contributed by atoms with E-state index in [9.17, 15) is 9.90 Å². The average molecular weight is 306 g/mol. The van der Waals surface area contributed by atoms with Gasteiger partial charge in [-0.3, -0.25) is 4.90 Å². The molecule has 2 atom stereocenters. The van der Waals surface area contributed by atoms with Crippen LogP contribution in [0.25, 0.3) is 0 Å². The van der Waals surface area contributed by atoms with Crippen LogP contribution in [0.5, 0.6) is 5.75 Å². The molecule has 1 aromatic rings. The number of nitrogens with zero attached hydrogens (tertiary/aromatic N) is 2. The van der Waals surface area contributed by atoms with Gasteiger partial charge in [-0.2, -0.15) is 0 Å². The van der Waals surface area contributed by atoms with E-state index in [0.717, 1.165) is 32.0 Å². The highest BCUT2D eigenvalue weighted by Crippen LogP contribution is 2.40. The zero-order valence-corrected chi connectivity index (χ0v) is 12.1. The van der Waals surface area contributed by atoms with Gasteiger partial charge in [0.25, 0.3) is 0 Å². The third-order valence-corrected chi connectivity index (χ3v) is 4.38. The van der Waals surface area contributed by atoms with Gasteiger partial charge in [-0.05, 0) is 12.1 Å². The number of morpholine rings is 1. The van der Waals surface area contributed by atoms with Gasteiger partial charge >= 0.3 is 6.09 Å². The van der Waals surface area contributed by atoms with Crippen molar-refractivity contribution in [3.8, 4) is 5.75 Å². The molecule has 4 rings (SSSR count). The first kappa shape index (κ1) is 13.7. The highest BCUT2D eigenvalue weighted by molar-refractivity contribution is 5.93. The highest BCUT2D eigenvalue weighted by atomic mass is 16.6. The number of hydrogen-bond donors (Lipinski definition) is 1. The summed E-state index contributed by atoms with van der Waals surface area (Å²) in [6, 6.07) is 5.55. The predicted molar refractivity (Wildman–Crippen MR) is 78.6 cm³/mol. The summed E-state index contributed by atoms with van der Waals surface area (Å²) >= 11 is 0. The largest absolute Gasteiger partial charge is 0.489 e. The molecule has 3 aliphatic rings. The number of carbonyl (C=O) groups is 1. The monoisotopic (exact) mass is 306 g/mol. The smallest absolute Gasteiger partial charge is 0.415 e. The standard InChI is InChI=1S/C15H18N2O5/c18-8-14-12-9-21-13-7-10(16-3-5-20-6-4-16)1-2-11(13)17(12)15(19)22-14/h1-2,7,12,14,18H,3-6,8-9H2/t12-,14-/m0/s1. The van der Waals surface area contributed by atoms with E-state index in [1.807, 2.05) is 18.2 Å². The molecule has 0 aliphatic carbocycles. The molecule has 0 spiro atoms. The number of cyclic esters (lactones) is 1. The molecule has 7 heteroatoms. The summed E-state index contributed by atoms with van der Waals surface area (Å²) in [5, 5.41) is 9.31. The molecule has 7 nitrogen and oxygen atoms in total. The van der Waals surface area contributed by atoms with Crippen molar-refractivity contribution in [2.45, 2.75) is 12.1 Å². The lowest BCUT2D eigenvalue weighted by atomic mass is 10.1. The Hall–Kier alpha value is -1.99.